The monoisotopic (exact) mass is 271 g/mol. The summed E-state index contributed by atoms with van der Waals surface area (Å²) in [4.78, 5) is 24.7. The predicted octanol–water partition coefficient (Wildman–Crippen LogP) is 1.46. The van der Waals surface area contributed by atoms with E-state index in [2.05, 4.69) is 25.6 Å². The lowest BCUT2D eigenvalue weighted by molar-refractivity contribution is 0.0950. The van der Waals surface area contributed by atoms with Crippen molar-refractivity contribution in [2.24, 2.45) is 0 Å². The number of amides is 1. The largest absolute Gasteiger partial charge is 0.373 e. The van der Waals surface area contributed by atoms with E-state index in [1.54, 1.807) is 31.6 Å². The molecule has 104 valence electrons. The van der Waals surface area contributed by atoms with Gasteiger partial charge in [0.25, 0.3) is 5.91 Å². The van der Waals surface area contributed by atoms with Crippen LogP contribution in [0, 0.1) is 13.8 Å². The molecule has 0 aliphatic carbocycles. The third kappa shape index (κ3) is 3.50. The fourth-order valence-corrected chi connectivity index (χ4v) is 1.71. The minimum atomic E-state index is -0.158. The second kappa shape index (κ2) is 6.10. The molecule has 0 saturated carbocycles. The van der Waals surface area contributed by atoms with Crippen LogP contribution in [0.4, 0.5) is 5.82 Å². The first-order valence-electron chi connectivity index (χ1n) is 6.30. The van der Waals surface area contributed by atoms with E-state index in [4.69, 9.17) is 0 Å². The Labute approximate surface area is 117 Å². The van der Waals surface area contributed by atoms with Crippen LogP contribution in [0.3, 0.4) is 0 Å². The number of aryl methyl sites for hydroxylation is 2. The molecule has 2 aromatic heterocycles. The summed E-state index contributed by atoms with van der Waals surface area (Å²) in [5.41, 5.74) is 2.94. The van der Waals surface area contributed by atoms with Crippen molar-refractivity contribution in [3.05, 3.63) is 47.2 Å². The third-order valence-electron chi connectivity index (χ3n) is 2.74. The molecule has 6 nitrogen and oxygen atoms in total. The number of aromatic nitrogens is 3. The van der Waals surface area contributed by atoms with Gasteiger partial charge in [-0.2, -0.15) is 0 Å². The molecule has 0 aromatic carbocycles. The molecule has 2 rings (SSSR count). The topological polar surface area (TPSA) is 79.8 Å². The van der Waals surface area contributed by atoms with E-state index in [9.17, 15) is 4.79 Å². The van der Waals surface area contributed by atoms with E-state index >= 15 is 0 Å². The maximum Gasteiger partial charge on any atom is 0.251 e. The first kappa shape index (κ1) is 13.9. The Balaban J connectivity index is 2.04. The normalized spacial score (nSPS) is 10.2. The molecule has 0 radical (unpaired) electrons. The van der Waals surface area contributed by atoms with E-state index in [0.29, 0.717) is 17.9 Å². The van der Waals surface area contributed by atoms with Gasteiger partial charge in [-0.15, -0.1) is 0 Å². The molecule has 0 bridgehead atoms. The van der Waals surface area contributed by atoms with Crippen molar-refractivity contribution in [2.75, 3.05) is 12.4 Å². The summed E-state index contributed by atoms with van der Waals surface area (Å²) in [7, 11) is 1.77. The number of anilines is 1. The average Bonchev–Trinajstić information content (AvgIpc) is 2.45. The van der Waals surface area contributed by atoms with Gasteiger partial charge in [-0.1, -0.05) is 0 Å². The summed E-state index contributed by atoms with van der Waals surface area (Å²) >= 11 is 0. The highest BCUT2D eigenvalue weighted by atomic mass is 16.1. The van der Waals surface area contributed by atoms with Crippen molar-refractivity contribution in [1.82, 2.24) is 20.3 Å². The second-order valence-electron chi connectivity index (χ2n) is 4.46. The van der Waals surface area contributed by atoms with Gasteiger partial charge in [0, 0.05) is 24.5 Å². The van der Waals surface area contributed by atoms with Crippen LogP contribution in [0.25, 0.3) is 0 Å². The molecular formula is C14H17N5O. The van der Waals surface area contributed by atoms with Gasteiger partial charge < -0.3 is 10.6 Å². The Bertz CT molecular complexity index is 609. The minimum Gasteiger partial charge on any atom is -0.373 e. The zero-order valence-corrected chi connectivity index (χ0v) is 11.8. The number of rotatable bonds is 4. The van der Waals surface area contributed by atoms with E-state index in [1.165, 1.54) is 0 Å². The average molecular weight is 271 g/mol. The predicted molar refractivity (Wildman–Crippen MR) is 76.5 cm³/mol. The van der Waals surface area contributed by atoms with Gasteiger partial charge in [0.2, 0.25) is 0 Å². The minimum absolute atomic E-state index is 0.158. The number of hydrogen-bond donors (Lipinski definition) is 2. The van der Waals surface area contributed by atoms with Crippen molar-refractivity contribution in [3.8, 4) is 0 Å². The summed E-state index contributed by atoms with van der Waals surface area (Å²) in [5.74, 6) is 0.514. The first-order chi connectivity index (χ1) is 9.58. The molecule has 0 fully saturated rings. The van der Waals surface area contributed by atoms with Crippen molar-refractivity contribution in [2.45, 2.75) is 20.4 Å². The van der Waals surface area contributed by atoms with Gasteiger partial charge in [-0.3, -0.25) is 14.8 Å². The SMILES string of the molecule is CNc1cc(C(=O)NCc2cnc(C)cn2)cc(C)n1. The number of nitrogens with zero attached hydrogens (tertiary/aromatic N) is 3. The quantitative estimate of drug-likeness (QED) is 0.880. The molecule has 0 aliphatic heterocycles. The van der Waals surface area contributed by atoms with E-state index < -0.39 is 0 Å². The fourth-order valence-electron chi connectivity index (χ4n) is 1.71. The molecule has 1 amide bonds. The number of nitrogens with one attached hydrogen (secondary N) is 2. The molecule has 0 aliphatic rings. The molecule has 20 heavy (non-hydrogen) atoms. The van der Waals surface area contributed by atoms with Crippen LogP contribution < -0.4 is 10.6 Å². The maximum atomic E-state index is 12.1. The lowest BCUT2D eigenvalue weighted by atomic mass is 10.2. The Kier molecular flexibility index (Phi) is 4.24. The van der Waals surface area contributed by atoms with Gasteiger partial charge in [-0.25, -0.2) is 4.98 Å². The van der Waals surface area contributed by atoms with E-state index in [1.807, 2.05) is 13.8 Å². The number of carbonyl (C=O) groups is 1. The Morgan fingerprint density at radius 1 is 1.15 bits per heavy atom. The van der Waals surface area contributed by atoms with E-state index in [-0.39, 0.29) is 5.91 Å². The zero-order chi connectivity index (χ0) is 14.5. The number of carbonyl (C=O) groups excluding carboxylic acids is 1. The first-order valence-corrected chi connectivity index (χ1v) is 6.30. The van der Waals surface area contributed by atoms with E-state index in [0.717, 1.165) is 17.1 Å². The van der Waals surface area contributed by atoms with Crippen LogP contribution in [-0.2, 0) is 6.54 Å². The van der Waals surface area contributed by atoms with Crippen LogP contribution in [0.1, 0.15) is 27.4 Å². The Hall–Kier alpha value is -2.50. The summed E-state index contributed by atoms with van der Waals surface area (Å²) in [6.45, 7) is 4.07. The molecule has 2 aromatic rings. The highest BCUT2D eigenvalue weighted by molar-refractivity contribution is 5.94. The molecule has 0 spiro atoms. The van der Waals surface area contributed by atoms with Crippen LogP contribution in [0.15, 0.2) is 24.5 Å². The summed E-state index contributed by atoms with van der Waals surface area (Å²) in [6.07, 6.45) is 3.34. The van der Waals surface area contributed by atoms with Gasteiger partial charge in [-0.05, 0) is 26.0 Å². The highest BCUT2D eigenvalue weighted by Gasteiger charge is 2.08. The molecule has 0 saturated heterocycles. The van der Waals surface area contributed by atoms with Gasteiger partial charge in [0.05, 0.1) is 24.1 Å². The highest BCUT2D eigenvalue weighted by Crippen LogP contribution is 2.09. The van der Waals surface area contributed by atoms with Crippen molar-refractivity contribution < 1.29 is 4.79 Å². The smallest absolute Gasteiger partial charge is 0.251 e. The second-order valence-corrected chi connectivity index (χ2v) is 4.46. The third-order valence-corrected chi connectivity index (χ3v) is 2.74. The van der Waals surface area contributed by atoms with Crippen LogP contribution >= 0.6 is 0 Å². The fraction of sp³-hybridized carbons (Fsp3) is 0.286. The molecule has 6 heteroatoms. The van der Waals surface area contributed by atoms with Crippen molar-refractivity contribution in [3.63, 3.8) is 0 Å². The molecule has 0 unspecified atom stereocenters. The summed E-state index contributed by atoms with van der Waals surface area (Å²) in [6, 6.07) is 3.46. The van der Waals surface area contributed by atoms with Gasteiger partial charge in [0.1, 0.15) is 5.82 Å². The van der Waals surface area contributed by atoms with Gasteiger partial charge >= 0.3 is 0 Å². The zero-order valence-electron chi connectivity index (χ0n) is 11.8. The van der Waals surface area contributed by atoms with Crippen LogP contribution in [0.5, 0.6) is 0 Å². The molecule has 0 atom stereocenters. The van der Waals surface area contributed by atoms with Crippen LogP contribution in [0.2, 0.25) is 0 Å². The molecule has 2 heterocycles. The van der Waals surface area contributed by atoms with Gasteiger partial charge in [0.15, 0.2) is 0 Å². The van der Waals surface area contributed by atoms with Crippen LogP contribution in [-0.4, -0.2) is 27.9 Å². The van der Waals surface area contributed by atoms with Crippen molar-refractivity contribution >= 4 is 11.7 Å². The molecule has 2 N–H and O–H groups in total. The maximum absolute atomic E-state index is 12.1. The van der Waals surface area contributed by atoms with Crippen molar-refractivity contribution in [1.29, 1.82) is 0 Å². The standard InChI is InChI=1S/C14H17N5O/c1-9-4-11(5-13(15-3)19-9)14(20)18-8-12-7-16-10(2)6-17-12/h4-7H,8H2,1-3H3,(H,15,19)(H,18,20). The Morgan fingerprint density at radius 2 is 1.95 bits per heavy atom. The Morgan fingerprint density at radius 3 is 2.60 bits per heavy atom. The summed E-state index contributed by atoms with van der Waals surface area (Å²) in [5, 5.41) is 5.75. The lowest BCUT2D eigenvalue weighted by Crippen LogP contribution is -2.23. The number of hydrogen-bond acceptors (Lipinski definition) is 5. The summed E-state index contributed by atoms with van der Waals surface area (Å²) < 4.78 is 0. The molecular weight excluding hydrogens is 254 g/mol. The number of pyridine rings is 1. The lowest BCUT2D eigenvalue weighted by Gasteiger charge is -2.07.